The molecule has 2 rings (SSSR count). The smallest absolute Gasteiger partial charge is 0.233 e. The lowest BCUT2D eigenvalue weighted by molar-refractivity contribution is 0.282. The Morgan fingerprint density at radius 1 is 1.00 bits per heavy atom. The SMILES string of the molecule is CCCCCCNc1nc(NC)nc(Nc2cccc(CO)c2)n1. The molecule has 4 N–H and O–H groups in total. The summed E-state index contributed by atoms with van der Waals surface area (Å²) in [5, 5.41) is 18.6. The molecule has 0 amide bonds. The van der Waals surface area contributed by atoms with Gasteiger partial charge in [0.2, 0.25) is 17.8 Å². The maximum absolute atomic E-state index is 9.22. The van der Waals surface area contributed by atoms with Crippen molar-refractivity contribution in [2.75, 3.05) is 29.5 Å². The highest BCUT2D eigenvalue weighted by atomic mass is 16.3. The lowest BCUT2D eigenvalue weighted by Gasteiger charge is -2.10. The van der Waals surface area contributed by atoms with Crippen molar-refractivity contribution in [1.29, 1.82) is 0 Å². The van der Waals surface area contributed by atoms with E-state index < -0.39 is 0 Å². The zero-order chi connectivity index (χ0) is 17.2. The molecule has 0 atom stereocenters. The number of aliphatic hydroxyl groups excluding tert-OH is 1. The number of aliphatic hydroxyl groups is 1. The summed E-state index contributed by atoms with van der Waals surface area (Å²) in [7, 11) is 1.77. The minimum atomic E-state index is -0.000939. The number of unbranched alkanes of at least 4 members (excludes halogenated alkanes) is 3. The zero-order valence-electron chi connectivity index (χ0n) is 14.3. The van der Waals surface area contributed by atoms with Gasteiger partial charge in [0.1, 0.15) is 0 Å². The molecular formula is C17H26N6O. The summed E-state index contributed by atoms with van der Waals surface area (Å²) < 4.78 is 0. The quantitative estimate of drug-likeness (QED) is 0.497. The average molecular weight is 330 g/mol. The van der Waals surface area contributed by atoms with Crippen molar-refractivity contribution in [3.8, 4) is 0 Å². The fourth-order valence-corrected chi connectivity index (χ4v) is 2.25. The van der Waals surface area contributed by atoms with E-state index in [4.69, 9.17) is 0 Å². The van der Waals surface area contributed by atoms with E-state index in [1.807, 2.05) is 24.3 Å². The lowest BCUT2D eigenvalue weighted by atomic mass is 10.2. The molecule has 7 heteroatoms. The van der Waals surface area contributed by atoms with Gasteiger partial charge in [-0.2, -0.15) is 15.0 Å². The van der Waals surface area contributed by atoms with Crippen LogP contribution in [0.5, 0.6) is 0 Å². The van der Waals surface area contributed by atoms with E-state index in [1.165, 1.54) is 19.3 Å². The molecule has 1 heterocycles. The number of nitrogens with zero attached hydrogens (tertiary/aromatic N) is 3. The lowest BCUT2D eigenvalue weighted by Crippen LogP contribution is -2.10. The van der Waals surface area contributed by atoms with Crippen LogP contribution >= 0.6 is 0 Å². The second-order valence-electron chi connectivity index (χ2n) is 5.53. The normalized spacial score (nSPS) is 10.5. The summed E-state index contributed by atoms with van der Waals surface area (Å²) in [6.45, 7) is 3.04. The van der Waals surface area contributed by atoms with E-state index in [0.29, 0.717) is 17.8 Å². The van der Waals surface area contributed by atoms with E-state index in [1.54, 1.807) is 7.05 Å². The van der Waals surface area contributed by atoms with Crippen LogP contribution in [0.15, 0.2) is 24.3 Å². The van der Waals surface area contributed by atoms with Gasteiger partial charge in [-0.05, 0) is 24.1 Å². The summed E-state index contributed by atoms with van der Waals surface area (Å²) in [5.41, 5.74) is 1.65. The van der Waals surface area contributed by atoms with Crippen molar-refractivity contribution >= 4 is 23.5 Å². The standard InChI is InChI=1S/C17H26N6O/c1-3-4-5-6-10-19-16-21-15(18-2)22-17(23-16)20-14-9-7-8-13(11-14)12-24/h7-9,11,24H,3-6,10,12H2,1-2H3,(H3,18,19,20,21,22,23). The third-order valence-electron chi connectivity index (χ3n) is 3.54. The van der Waals surface area contributed by atoms with Gasteiger partial charge in [0.15, 0.2) is 0 Å². The molecule has 7 nitrogen and oxygen atoms in total. The second kappa shape index (κ2) is 9.67. The zero-order valence-corrected chi connectivity index (χ0v) is 14.3. The van der Waals surface area contributed by atoms with Crippen LogP contribution in [0, 0.1) is 0 Å². The monoisotopic (exact) mass is 330 g/mol. The number of anilines is 4. The fourth-order valence-electron chi connectivity index (χ4n) is 2.25. The Bertz CT molecular complexity index is 634. The first-order valence-corrected chi connectivity index (χ1v) is 8.39. The Hall–Kier alpha value is -2.41. The summed E-state index contributed by atoms with van der Waals surface area (Å²) in [6.07, 6.45) is 4.76. The molecule has 0 saturated carbocycles. The highest BCUT2D eigenvalue weighted by molar-refractivity contribution is 5.56. The number of benzene rings is 1. The van der Waals surface area contributed by atoms with Crippen molar-refractivity contribution < 1.29 is 5.11 Å². The van der Waals surface area contributed by atoms with Crippen molar-refractivity contribution in [2.24, 2.45) is 0 Å². The van der Waals surface area contributed by atoms with Crippen LogP contribution in [0.4, 0.5) is 23.5 Å². The number of rotatable bonds is 10. The van der Waals surface area contributed by atoms with Crippen molar-refractivity contribution in [1.82, 2.24) is 15.0 Å². The third-order valence-corrected chi connectivity index (χ3v) is 3.54. The first-order chi connectivity index (χ1) is 11.7. The van der Waals surface area contributed by atoms with Gasteiger partial charge in [-0.15, -0.1) is 0 Å². The molecular weight excluding hydrogens is 304 g/mol. The highest BCUT2D eigenvalue weighted by Crippen LogP contribution is 2.17. The van der Waals surface area contributed by atoms with Crippen molar-refractivity contribution in [3.05, 3.63) is 29.8 Å². The van der Waals surface area contributed by atoms with Gasteiger partial charge in [-0.1, -0.05) is 38.3 Å². The van der Waals surface area contributed by atoms with Gasteiger partial charge in [0.25, 0.3) is 0 Å². The van der Waals surface area contributed by atoms with Crippen LogP contribution in [-0.4, -0.2) is 33.7 Å². The Kier molecular flexibility index (Phi) is 7.22. The van der Waals surface area contributed by atoms with Gasteiger partial charge in [-0.25, -0.2) is 0 Å². The molecule has 1 aromatic carbocycles. The van der Waals surface area contributed by atoms with Gasteiger partial charge >= 0.3 is 0 Å². The number of aromatic nitrogens is 3. The molecule has 0 aliphatic carbocycles. The maximum Gasteiger partial charge on any atom is 0.233 e. The topological polar surface area (TPSA) is 95.0 Å². The molecule has 1 aromatic heterocycles. The molecule has 130 valence electrons. The van der Waals surface area contributed by atoms with Crippen LogP contribution in [0.1, 0.15) is 38.2 Å². The van der Waals surface area contributed by atoms with Crippen molar-refractivity contribution in [2.45, 2.75) is 39.2 Å². The van der Waals surface area contributed by atoms with E-state index >= 15 is 0 Å². The molecule has 0 bridgehead atoms. The predicted molar refractivity (Wildman–Crippen MR) is 97.7 cm³/mol. The molecule has 2 aromatic rings. The van der Waals surface area contributed by atoms with Crippen LogP contribution in [0.3, 0.4) is 0 Å². The van der Waals surface area contributed by atoms with E-state index in [9.17, 15) is 5.11 Å². The Labute approximate surface area is 143 Å². The molecule has 0 fully saturated rings. The summed E-state index contributed by atoms with van der Waals surface area (Å²) in [5.74, 6) is 1.51. The van der Waals surface area contributed by atoms with E-state index in [-0.39, 0.29) is 6.61 Å². The van der Waals surface area contributed by atoms with Crippen molar-refractivity contribution in [3.63, 3.8) is 0 Å². The molecule has 0 radical (unpaired) electrons. The molecule has 0 spiro atoms. The molecule has 24 heavy (non-hydrogen) atoms. The van der Waals surface area contributed by atoms with E-state index in [2.05, 4.69) is 37.8 Å². The first-order valence-electron chi connectivity index (χ1n) is 8.39. The number of hydrogen-bond acceptors (Lipinski definition) is 7. The van der Waals surface area contributed by atoms with Crippen LogP contribution in [-0.2, 0) is 6.61 Å². The number of nitrogens with one attached hydrogen (secondary N) is 3. The van der Waals surface area contributed by atoms with Gasteiger partial charge in [-0.3, -0.25) is 0 Å². The molecule has 0 aliphatic heterocycles. The summed E-state index contributed by atoms with van der Waals surface area (Å²) in [4.78, 5) is 13.0. The Morgan fingerprint density at radius 3 is 2.54 bits per heavy atom. The second-order valence-corrected chi connectivity index (χ2v) is 5.53. The molecule has 0 unspecified atom stereocenters. The fraction of sp³-hybridized carbons (Fsp3) is 0.471. The minimum absolute atomic E-state index is 0.000939. The van der Waals surface area contributed by atoms with Crippen LogP contribution in [0.2, 0.25) is 0 Å². The first kappa shape index (κ1) is 17.9. The van der Waals surface area contributed by atoms with Crippen LogP contribution in [0.25, 0.3) is 0 Å². The van der Waals surface area contributed by atoms with Gasteiger partial charge < -0.3 is 21.1 Å². The van der Waals surface area contributed by atoms with E-state index in [0.717, 1.165) is 24.2 Å². The minimum Gasteiger partial charge on any atom is -0.392 e. The molecule has 0 saturated heterocycles. The average Bonchev–Trinajstić information content (AvgIpc) is 2.61. The Morgan fingerprint density at radius 2 is 1.79 bits per heavy atom. The van der Waals surface area contributed by atoms with Gasteiger partial charge in [0.05, 0.1) is 6.61 Å². The summed E-state index contributed by atoms with van der Waals surface area (Å²) >= 11 is 0. The largest absolute Gasteiger partial charge is 0.392 e. The summed E-state index contributed by atoms with van der Waals surface area (Å²) in [6, 6.07) is 7.50. The third kappa shape index (κ3) is 5.66. The highest BCUT2D eigenvalue weighted by Gasteiger charge is 2.06. The van der Waals surface area contributed by atoms with Gasteiger partial charge in [0, 0.05) is 19.3 Å². The maximum atomic E-state index is 9.22. The predicted octanol–water partition coefficient (Wildman–Crippen LogP) is 3.14. The van der Waals surface area contributed by atoms with Crippen LogP contribution < -0.4 is 16.0 Å². The Balaban J connectivity index is 2.04. The molecule has 0 aliphatic rings. The number of hydrogen-bond donors (Lipinski definition) is 4.